The van der Waals surface area contributed by atoms with Crippen molar-refractivity contribution in [1.82, 2.24) is 4.57 Å². The normalized spacial score (nSPS) is 14.8. The summed E-state index contributed by atoms with van der Waals surface area (Å²) < 4.78 is 32.4. The molecule has 2 heterocycles. The minimum Gasteiger partial charge on any atom is -0.477 e. The fourth-order valence-electron chi connectivity index (χ4n) is 4.02. The molecule has 32 heavy (non-hydrogen) atoms. The van der Waals surface area contributed by atoms with Crippen LogP contribution < -0.4 is 11.2 Å². The van der Waals surface area contributed by atoms with Gasteiger partial charge in [0.15, 0.2) is 5.82 Å². The van der Waals surface area contributed by atoms with Gasteiger partial charge >= 0.3 is 5.97 Å². The van der Waals surface area contributed by atoms with Crippen LogP contribution >= 0.6 is 11.8 Å². The molecular weight excluding hydrogens is 434 g/mol. The van der Waals surface area contributed by atoms with Crippen molar-refractivity contribution in [2.45, 2.75) is 16.9 Å². The van der Waals surface area contributed by atoms with Gasteiger partial charge in [-0.1, -0.05) is 66.4 Å². The SMILES string of the molecule is NCc1ccc(-c2c(F)cc3c(=O)c(C(=O)O)c4n(c3c2F)C(c2ccccc2)S4)cc1. The molecule has 1 aliphatic heterocycles. The Morgan fingerprint density at radius 1 is 1.09 bits per heavy atom. The van der Waals surface area contributed by atoms with Crippen molar-refractivity contribution >= 4 is 28.6 Å². The summed E-state index contributed by atoms with van der Waals surface area (Å²) in [6.07, 6.45) is 0. The Bertz CT molecular complexity index is 1450. The summed E-state index contributed by atoms with van der Waals surface area (Å²) in [4.78, 5) is 24.7. The first-order valence-corrected chi connectivity index (χ1v) is 10.6. The van der Waals surface area contributed by atoms with Crippen LogP contribution in [0.4, 0.5) is 8.78 Å². The van der Waals surface area contributed by atoms with E-state index in [1.807, 2.05) is 30.3 Å². The van der Waals surface area contributed by atoms with Gasteiger partial charge < -0.3 is 15.4 Å². The number of hydrogen-bond acceptors (Lipinski definition) is 4. The summed E-state index contributed by atoms with van der Waals surface area (Å²) in [5.74, 6) is -3.27. The molecule has 160 valence electrons. The standard InChI is InChI=1S/C24H16F2N2O3S/c25-16-10-15-20(19(26)17(16)13-8-6-12(11-27)7-9-13)28-22(14-4-2-1-3-5-14)32-23(28)18(21(15)29)24(30)31/h1-10,22H,11,27H2,(H,30,31). The van der Waals surface area contributed by atoms with Crippen LogP contribution in [0.2, 0.25) is 0 Å². The van der Waals surface area contributed by atoms with Crippen LogP contribution in [0.25, 0.3) is 22.0 Å². The average molecular weight is 450 g/mol. The molecule has 5 rings (SSSR count). The maximum Gasteiger partial charge on any atom is 0.342 e. The van der Waals surface area contributed by atoms with E-state index in [1.165, 1.54) is 4.57 Å². The van der Waals surface area contributed by atoms with Crippen LogP contribution in [0, 0.1) is 11.6 Å². The van der Waals surface area contributed by atoms with Gasteiger partial charge in [-0.15, -0.1) is 0 Å². The largest absolute Gasteiger partial charge is 0.477 e. The molecule has 1 aliphatic rings. The van der Waals surface area contributed by atoms with E-state index in [1.54, 1.807) is 24.3 Å². The zero-order valence-corrected chi connectivity index (χ0v) is 17.3. The Balaban J connectivity index is 1.85. The quantitative estimate of drug-likeness (QED) is 0.468. The molecule has 1 atom stereocenters. The highest BCUT2D eigenvalue weighted by atomic mass is 32.2. The Labute approximate surface area is 185 Å². The molecule has 0 saturated heterocycles. The van der Waals surface area contributed by atoms with Crippen LogP contribution in [-0.2, 0) is 6.54 Å². The molecule has 0 radical (unpaired) electrons. The van der Waals surface area contributed by atoms with Gasteiger partial charge in [0.2, 0.25) is 5.43 Å². The zero-order valence-electron chi connectivity index (χ0n) is 16.5. The van der Waals surface area contributed by atoms with Gasteiger partial charge in [0.25, 0.3) is 0 Å². The lowest BCUT2D eigenvalue weighted by Crippen LogP contribution is -2.30. The van der Waals surface area contributed by atoms with E-state index in [0.717, 1.165) is 29.0 Å². The number of nitrogens with zero attached hydrogens (tertiary/aromatic N) is 1. The second-order valence-corrected chi connectivity index (χ2v) is 8.48. The summed E-state index contributed by atoms with van der Waals surface area (Å²) in [5.41, 5.74) is 5.75. The lowest BCUT2D eigenvalue weighted by Gasteiger charge is -2.35. The first-order chi connectivity index (χ1) is 15.4. The number of aromatic carboxylic acids is 1. The van der Waals surface area contributed by atoms with Crippen molar-refractivity contribution in [3.05, 3.63) is 99.2 Å². The van der Waals surface area contributed by atoms with Gasteiger partial charge in [-0.25, -0.2) is 13.6 Å². The van der Waals surface area contributed by atoms with E-state index in [9.17, 15) is 14.7 Å². The number of fused-ring (bicyclic) bond motifs is 3. The summed E-state index contributed by atoms with van der Waals surface area (Å²) in [6, 6.07) is 16.6. The maximum absolute atomic E-state index is 15.9. The lowest BCUT2D eigenvalue weighted by molar-refractivity contribution is 0.0689. The number of rotatable bonds is 4. The smallest absolute Gasteiger partial charge is 0.342 e. The van der Waals surface area contributed by atoms with Crippen LogP contribution in [0.3, 0.4) is 0 Å². The minimum absolute atomic E-state index is 0.109. The third-order valence-corrected chi connectivity index (χ3v) is 6.90. The molecule has 0 fully saturated rings. The van der Waals surface area contributed by atoms with E-state index in [0.29, 0.717) is 12.1 Å². The first kappa shape index (κ1) is 20.4. The minimum atomic E-state index is -1.43. The summed E-state index contributed by atoms with van der Waals surface area (Å²) in [6.45, 7) is 0.291. The van der Waals surface area contributed by atoms with Gasteiger partial charge in [-0.2, -0.15) is 0 Å². The molecule has 0 bridgehead atoms. The predicted molar refractivity (Wildman–Crippen MR) is 119 cm³/mol. The van der Waals surface area contributed by atoms with Crippen LogP contribution in [-0.4, -0.2) is 15.6 Å². The maximum atomic E-state index is 15.9. The third kappa shape index (κ3) is 2.95. The average Bonchev–Trinajstić information content (AvgIpc) is 2.77. The molecule has 0 aliphatic carbocycles. The van der Waals surface area contributed by atoms with Gasteiger partial charge in [0.05, 0.1) is 21.5 Å². The highest BCUT2D eigenvalue weighted by Gasteiger charge is 2.38. The predicted octanol–water partition coefficient (Wildman–Crippen LogP) is 4.76. The van der Waals surface area contributed by atoms with Crippen molar-refractivity contribution in [2.24, 2.45) is 5.73 Å². The number of carboxylic acids is 1. The van der Waals surface area contributed by atoms with E-state index >= 15 is 8.78 Å². The molecule has 0 saturated carbocycles. The third-order valence-electron chi connectivity index (χ3n) is 5.57. The number of carboxylic acid groups (broad SMARTS) is 1. The highest BCUT2D eigenvalue weighted by molar-refractivity contribution is 8.00. The number of benzene rings is 3. The lowest BCUT2D eigenvalue weighted by atomic mass is 9.99. The van der Waals surface area contributed by atoms with E-state index in [2.05, 4.69) is 0 Å². The molecule has 0 amide bonds. The van der Waals surface area contributed by atoms with Crippen molar-refractivity contribution in [1.29, 1.82) is 0 Å². The van der Waals surface area contributed by atoms with Gasteiger partial charge in [-0.05, 0) is 22.8 Å². The molecule has 0 spiro atoms. The zero-order chi connectivity index (χ0) is 22.6. The van der Waals surface area contributed by atoms with Crippen molar-refractivity contribution < 1.29 is 18.7 Å². The van der Waals surface area contributed by atoms with Crippen molar-refractivity contribution in [3.8, 4) is 11.1 Å². The summed E-state index contributed by atoms with van der Waals surface area (Å²) in [5, 5.41) is 9.02. The fraction of sp³-hybridized carbons (Fsp3) is 0.0833. The number of thioether (sulfide) groups is 1. The van der Waals surface area contributed by atoms with Gasteiger partial charge in [0, 0.05) is 6.54 Å². The molecule has 1 unspecified atom stereocenters. The van der Waals surface area contributed by atoms with E-state index in [-0.39, 0.29) is 21.5 Å². The number of pyridine rings is 1. The molecule has 1 aromatic heterocycles. The molecular formula is C24H16F2N2O3S. The number of carbonyl (C=O) groups is 1. The molecule has 5 nitrogen and oxygen atoms in total. The molecule has 3 N–H and O–H groups in total. The summed E-state index contributed by atoms with van der Waals surface area (Å²) >= 11 is 1.16. The van der Waals surface area contributed by atoms with Crippen LogP contribution in [0.15, 0.2) is 70.5 Å². The first-order valence-electron chi connectivity index (χ1n) is 9.76. The summed E-state index contributed by atoms with van der Waals surface area (Å²) in [7, 11) is 0. The van der Waals surface area contributed by atoms with E-state index in [4.69, 9.17) is 5.73 Å². The topological polar surface area (TPSA) is 85.3 Å². The second kappa shape index (κ2) is 7.58. The second-order valence-electron chi connectivity index (χ2n) is 7.41. The van der Waals surface area contributed by atoms with Crippen LogP contribution in [0.5, 0.6) is 0 Å². The van der Waals surface area contributed by atoms with Crippen molar-refractivity contribution in [3.63, 3.8) is 0 Å². The Morgan fingerprint density at radius 3 is 2.41 bits per heavy atom. The number of halogens is 2. The molecule has 3 aromatic carbocycles. The Morgan fingerprint density at radius 2 is 1.78 bits per heavy atom. The van der Waals surface area contributed by atoms with Gasteiger partial charge in [0.1, 0.15) is 16.8 Å². The number of aromatic nitrogens is 1. The Hall–Kier alpha value is -3.49. The molecule has 8 heteroatoms. The number of nitrogens with two attached hydrogens (primary N) is 1. The Kier molecular flexibility index (Phi) is 4.83. The highest BCUT2D eigenvalue weighted by Crippen LogP contribution is 2.51. The number of hydrogen-bond donors (Lipinski definition) is 2. The molecule has 4 aromatic rings. The van der Waals surface area contributed by atoms with E-state index < -0.39 is 34.0 Å². The van der Waals surface area contributed by atoms with Crippen molar-refractivity contribution in [2.75, 3.05) is 0 Å². The fourth-order valence-corrected chi connectivity index (χ4v) is 5.28. The monoisotopic (exact) mass is 450 g/mol. The van der Waals surface area contributed by atoms with Gasteiger partial charge in [-0.3, -0.25) is 4.79 Å². The van der Waals surface area contributed by atoms with Crippen LogP contribution in [0.1, 0.15) is 26.9 Å².